The molecule has 1 aliphatic rings. The van der Waals surface area contributed by atoms with Gasteiger partial charge in [0, 0.05) is 6.54 Å². The molecular formula is C12H25NO. The smallest absolute Gasteiger partial charge is 0.0665 e. The molecule has 0 saturated heterocycles. The lowest BCUT2D eigenvalue weighted by atomic mass is 9.75. The van der Waals surface area contributed by atoms with E-state index in [2.05, 4.69) is 13.8 Å². The second-order valence-electron chi connectivity index (χ2n) is 5.15. The Morgan fingerprint density at radius 1 is 1.21 bits per heavy atom. The van der Waals surface area contributed by atoms with E-state index in [9.17, 15) is 5.11 Å². The van der Waals surface area contributed by atoms with E-state index in [0.717, 1.165) is 24.2 Å². The lowest BCUT2D eigenvalue weighted by molar-refractivity contribution is 0.122. The van der Waals surface area contributed by atoms with Crippen molar-refractivity contribution in [2.45, 2.75) is 52.1 Å². The molecule has 0 amide bonds. The molecule has 2 nitrogen and oxygen atoms in total. The van der Waals surface area contributed by atoms with E-state index in [1.54, 1.807) is 0 Å². The number of aliphatic hydroxyl groups is 1. The van der Waals surface area contributed by atoms with Crippen LogP contribution in [0.2, 0.25) is 0 Å². The van der Waals surface area contributed by atoms with E-state index in [-0.39, 0.29) is 6.10 Å². The van der Waals surface area contributed by atoms with Crippen LogP contribution in [0, 0.1) is 17.8 Å². The molecule has 0 bridgehead atoms. The predicted molar refractivity (Wildman–Crippen MR) is 60.0 cm³/mol. The topological polar surface area (TPSA) is 46.2 Å². The Labute approximate surface area is 87.9 Å². The first kappa shape index (κ1) is 12.0. The fourth-order valence-corrected chi connectivity index (χ4v) is 2.57. The first-order valence-electron chi connectivity index (χ1n) is 6.01. The highest BCUT2D eigenvalue weighted by Gasteiger charge is 2.24. The third-order valence-electron chi connectivity index (χ3n) is 3.71. The lowest BCUT2D eigenvalue weighted by Crippen LogP contribution is -2.26. The maximum absolute atomic E-state index is 9.46. The molecule has 0 heterocycles. The Hall–Kier alpha value is -0.0800. The van der Waals surface area contributed by atoms with Gasteiger partial charge in [-0.1, -0.05) is 26.7 Å². The largest absolute Gasteiger partial charge is 0.392 e. The second kappa shape index (κ2) is 5.72. The molecule has 1 rings (SSSR count). The van der Waals surface area contributed by atoms with E-state index in [1.165, 1.54) is 25.7 Å². The summed E-state index contributed by atoms with van der Waals surface area (Å²) in [6.07, 6.45) is 5.93. The molecule has 0 aromatic carbocycles. The lowest BCUT2D eigenvalue weighted by Gasteiger charge is -2.31. The molecule has 1 unspecified atom stereocenters. The number of nitrogens with two attached hydrogens (primary N) is 1. The van der Waals surface area contributed by atoms with Crippen LogP contribution in [0.25, 0.3) is 0 Å². The number of aliphatic hydroxyl groups excluding tert-OH is 1. The van der Waals surface area contributed by atoms with Crippen LogP contribution in [0.5, 0.6) is 0 Å². The number of hydrogen-bond acceptors (Lipinski definition) is 2. The molecule has 0 aromatic heterocycles. The van der Waals surface area contributed by atoms with Gasteiger partial charge in [-0.3, -0.25) is 0 Å². The Morgan fingerprint density at radius 3 is 2.21 bits per heavy atom. The highest BCUT2D eigenvalue weighted by molar-refractivity contribution is 4.76. The summed E-state index contributed by atoms with van der Waals surface area (Å²) in [6, 6.07) is 0. The van der Waals surface area contributed by atoms with Crippen LogP contribution < -0.4 is 5.73 Å². The normalized spacial score (nSPS) is 30.6. The molecule has 1 fully saturated rings. The van der Waals surface area contributed by atoms with Crippen molar-refractivity contribution >= 4 is 0 Å². The minimum Gasteiger partial charge on any atom is -0.392 e. The zero-order chi connectivity index (χ0) is 10.6. The van der Waals surface area contributed by atoms with Crippen LogP contribution in [0.15, 0.2) is 0 Å². The molecule has 3 N–H and O–H groups in total. The molecular weight excluding hydrogens is 174 g/mol. The molecule has 2 heteroatoms. The van der Waals surface area contributed by atoms with Crippen LogP contribution in [0.1, 0.15) is 46.0 Å². The fourth-order valence-electron chi connectivity index (χ4n) is 2.57. The number of rotatable bonds is 4. The van der Waals surface area contributed by atoms with Gasteiger partial charge in [0.25, 0.3) is 0 Å². The third kappa shape index (κ3) is 3.58. The Balaban J connectivity index is 2.22. The average molecular weight is 199 g/mol. The van der Waals surface area contributed by atoms with Gasteiger partial charge < -0.3 is 10.8 Å². The monoisotopic (exact) mass is 199 g/mol. The van der Waals surface area contributed by atoms with E-state index in [0.29, 0.717) is 6.54 Å². The number of hydrogen-bond donors (Lipinski definition) is 2. The summed E-state index contributed by atoms with van der Waals surface area (Å²) in [5.74, 6) is 2.47. The zero-order valence-corrected chi connectivity index (χ0v) is 9.58. The average Bonchev–Trinajstić information content (AvgIpc) is 2.18. The predicted octanol–water partition coefficient (Wildman–Crippen LogP) is 2.16. The third-order valence-corrected chi connectivity index (χ3v) is 3.71. The van der Waals surface area contributed by atoms with Gasteiger partial charge in [-0.25, -0.2) is 0 Å². The molecule has 14 heavy (non-hydrogen) atoms. The quantitative estimate of drug-likeness (QED) is 0.729. The highest BCUT2D eigenvalue weighted by Crippen LogP contribution is 2.35. The van der Waals surface area contributed by atoms with Crippen LogP contribution >= 0.6 is 0 Å². The molecule has 0 spiro atoms. The van der Waals surface area contributed by atoms with E-state index >= 15 is 0 Å². The molecule has 1 atom stereocenters. The minimum absolute atomic E-state index is 0.268. The van der Waals surface area contributed by atoms with Crippen molar-refractivity contribution in [3.8, 4) is 0 Å². The molecule has 0 aliphatic heterocycles. The van der Waals surface area contributed by atoms with E-state index in [4.69, 9.17) is 5.73 Å². The van der Waals surface area contributed by atoms with Crippen LogP contribution in [0.3, 0.4) is 0 Å². The Bertz CT molecular complexity index is 150. The van der Waals surface area contributed by atoms with Crippen LogP contribution in [-0.4, -0.2) is 17.8 Å². The van der Waals surface area contributed by atoms with Crippen molar-refractivity contribution in [2.75, 3.05) is 6.54 Å². The molecule has 1 saturated carbocycles. The van der Waals surface area contributed by atoms with Crippen molar-refractivity contribution in [2.24, 2.45) is 23.5 Å². The van der Waals surface area contributed by atoms with E-state index in [1.807, 2.05) is 0 Å². The Kier molecular flexibility index (Phi) is 4.90. The summed E-state index contributed by atoms with van der Waals surface area (Å²) in [5, 5.41) is 9.46. The molecule has 0 aromatic rings. The van der Waals surface area contributed by atoms with Gasteiger partial charge in [-0.2, -0.15) is 0 Å². The minimum atomic E-state index is -0.268. The van der Waals surface area contributed by atoms with Crippen molar-refractivity contribution in [3.05, 3.63) is 0 Å². The van der Waals surface area contributed by atoms with Crippen molar-refractivity contribution in [1.29, 1.82) is 0 Å². The summed E-state index contributed by atoms with van der Waals surface area (Å²) >= 11 is 0. The molecule has 1 aliphatic carbocycles. The molecule has 0 radical (unpaired) electrons. The highest BCUT2D eigenvalue weighted by atomic mass is 16.3. The van der Waals surface area contributed by atoms with Crippen molar-refractivity contribution in [1.82, 2.24) is 0 Å². The van der Waals surface area contributed by atoms with Gasteiger partial charge in [0.05, 0.1) is 6.10 Å². The summed E-state index contributed by atoms with van der Waals surface area (Å²) in [6.45, 7) is 5.06. The molecule has 84 valence electrons. The maximum atomic E-state index is 9.46. The van der Waals surface area contributed by atoms with Gasteiger partial charge in [0.15, 0.2) is 0 Å². The van der Waals surface area contributed by atoms with Gasteiger partial charge >= 0.3 is 0 Å². The SMILES string of the molecule is CC(C)C1CCC(CC(O)CN)CC1. The van der Waals surface area contributed by atoms with Gasteiger partial charge in [0.2, 0.25) is 0 Å². The summed E-state index contributed by atoms with van der Waals surface area (Å²) in [4.78, 5) is 0. The first-order valence-corrected chi connectivity index (χ1v) is 6.01. The van der Waals surface area contributed by atoms with Gasteiger partial charge in [-0.15, -0.1) is 0 Å². The van der Waals surface area contributed by atoms with Crippen LogP contribution in [0.4, 0.5) is 0 Å². The standard InChI is InChI=1S/C12H25NO/c1-9(2)11-5-3-10(4-6-11)7-12(14)8-13/h9-12,14H,3-8,13H2,1-2H3. The van der Waals surface area contributed by atoms with Gasteiger partial charge in [0.1, 0.15) is 0 Å². The first-order chi connectivity index (χ1) is 6.63. The van der Waals surface area contributed by atoms with Crippen LogP contribution in [-0.2, 0) is 0 Å². The second-order valence-corrected chi connectivity index (χ2v) is 5.15. The van der Waals surface area contributed by atoms with E-state index < -0.39 is 0 Å². The van der Waals surface area contributed by atoms with Crippen molar-refractivity contribution < 1.29 is 5.11 Å². The van der Waals surface area contributed by atoms with Gasteiger partial charge in [-0.05, 0) is 37.0 Å². The van der Waals surface area contributed by atoms with Crippen molar-refractivity contribution in [3.63, 3.8) is 0 Å². The Morgan fingerprint density at radius 2 is 1.79 bits per heavy atom. The summed E-state index contributed by atoms with van der Waals surface area (Å²) < 4.78 is 0. The summed E-state index contributed by atoms with van der Waals surface area (Å²) in [5.41, 5.74) is 5.41. The fraction of sp³-hybridized carbons (Fsp3) is 1.00. The summed E-state index contributed by atoms with van der Waals surface area (Å²) in [7, 11) is 0. The zero-order valence-electron chi connectivity index (χ0n) is 9.58. The maximum Gasteiger partial charge on any atom is 0.0665 e.